The number of carbonyl (C=O) groups excluding carboxylic acids is 2. The Labute approximate surface area is 225 Å². The molecule has 8 nitrogen and oxygen atoms in total. The molecule has 0 unspecified atom stereocenters. The van der Waals surface area contributed by atoms with Gasteiger partial charge in [-0.15, -0.1) is 0 Å². The number of anilines is 1. The molecule has 0 atom stereocenters. The lowest BCUT2D eigenvalue weighted by Gasteiger charge is -2.30. The monoisotopic (exact) mass is 518 g/mol. The van der Waals surface area contributed by atoms with Crippen molar-refractivity contribution in [2.75, 3.05) is 31.6 Å². The molecular formula is C30H38N4O4. The first-order valence-corrected chi connectivity index (χ1v) is 13.1. The van der Waals surface area contributed by atoms with Gasteiger partial charge in [0.05, 0.1) is 12.2 Å². The summed E-state index contributed by atoms with van der Waals surface area (Å²) in [5, 5.41) is 32.4. The van der Waals surface area contributed by atoms with Gasteiger partial charge in [0.25, 0.3) is 0 Å². The first kappa shape index (κ1) is 30.3. The summed E-state index contributed by atoms with van der Waals surface area (Å²) >= 11 is 0. The third kappa shape index (κ3) is 6.33. The van der Waals surface area contributed by atoms with Crippen molar-refractivity contribution in [3.63, 3.8) is 0 Å². The minimum absolute atomic E-state index is 0.0744. The molecule has 0 spiro atoms. The number of nitrogens with zero attached hydrogens (tertiary/aromatic N) is 3. The van der Waals surface area contributed by atoms with Crippen LogP contribution in [0.5, 0.6) is 0 Å². The molecule has 38 heavy (non-hydrogen) atoms. The van der Waals surface area contributed by atoms with E-state index in [0.717, 1.165) is 16.9 Å². The van der Waals surface area contributed by atoms with Crippen LogP contribution in [0.1, 0.15) is 66.4 Å². The highest BCUT2D eigenvalue weighted by Gasteiger charge is 2.43. The normalized spacial score (nSPS) is 16.3. The quantitative estimate of drug-likeness (QED) is 0.251. The predicted molar refractivity (Wildman–Crippen MR) is 147 cm³/mol. The predicted octanol–water partition coefficient (Wildman–Crippen LogP) is 5.46. The Morgan fingerprint density at radius 3 is 2.16 bits per heavy atom. The first-order chi connectivity index (χ1) is 18.1. The Morgan fingerprint density at radius 2 is 1.66 bits per heavy atom. The smallest absolute Gasteiger partial charge is 0.305 e. The standard InChI is InChI=1S/C24H23N3O4.C6H15N/c1-4-31-18(28)11-7-8-15(20-19(14(12-25)13-26)21(29)22(20)30)23-24(2,3)16-9-5-6-10-17(16)27-23;1-4-7(5-2)6-3/h5-6,9-10,27,30H,4,7-8,11H2,1-3H3;4-6H2,1-3H3. The van der Waals surface area contributed by atoms with E-state index in [-0.39, 0.29) is 35.7 Å². The van der Waals surface area contributed by atoms with Crippen molar-refractivity contribution in [2.24, 2.45) is 0 Å². The molecule has 2 aliphatic rings. The van der Waals surface area contributed by atoms with E-state index in [1.165, 1.54) is 19.6 Å². The Balaban J connectivity index is 0.000000638. The van der Waals surface area contributed by atoms with Crippen molar-refractivity contribution in [1.82, 2.24) is 4.90 Å². The van der Waals surface area contributed by atoms with Gasteiger partial charge in [-0.3, -0.25) is 9.59 Å². The highest BCUT2D eigenvalue weighted by Crippen LogP contribution is 2.49. The fraction of sp³-hybridized carbons (Fsp3) is 0.467. The van der Waals surface area contributed by atoms with Gasteiger partial charge in [0.1, 0.15) is 17.7 Å². The van der Waals surface area contributed by atoms with Crippen LogP contribution in [0.3, 0.4) is 0 Å². The minimum Gasteiger partial charge on any atom is -0.504 e. The summed E-state index contributed by atoms with van der Waals surface area (Å²) in [4.78, 5) is 26.5. The molecule has 0 radical (unpaired) electrons. The van der Waals surface area contributed by atoms with E-state index in [1.54, 1.807) is 19.1 Å². The number of esters is 1. The van der Waals surface area contributed by atoms with Gasteiger partial charge in [0.2, 0.25) is 5.78 Å². The van der Waals surface area contributed by atoms with Gasteiger partial charge < -0.3 is 20.1 Å². The van der Waals surface area contributed by atoms with Crippen LogP contribution >= 0.6 is 0 Å². The molecule has 1 aromatic rings. The topological polar surface area (TPSA) is 126 Å². The number of carbonyl (C=O) groups is 2. The van der Waals surface area contributed by atoms with Gasteiger partial charge in [-0.25, -0.2) is 0 Å². The van der Waals surface area contributed by atoms with Crippen LogP contribution in [0, 0.1) is 22.7 Å². The van der Waals surface area contributed by atoms with Crippen LogP contribution in [0.2, 0.25) is 0 Å². The number of ketones is 1. The molecule has 202 valence electrons. The number of allylic oxidation sites excluding steroid dienone is 5. The maximum atomic E-state index is 12.3. The number of nitriles is 2. The number of fused-ring (bicyclic) bond motifs is 1. The Morgan fingerprint density at radius 1 is 1.05 bits per heavy atom. The molecule has 1 heterocycles. The summed E-state index contributed by atoms with van der Waals surface area (Å²) in [7, 11) is 0. The molecule has 0 fully saturated rings. The fourth-order valence-corrected chi connectivity index (χ4v) is 4.77. The summed E-state index contributed by atoms with van der Waals surface area (Å²) in [6, 6.07) is 11.3. The molecule has 0 amide bonds. The van der Waals surface area contributed by atoms with Crippen molar-refractivity contribution in [3.8, 4) is 12.1 Å². The number of benzene rings is 1. The highest BCUT2D eigenvalue weighted by molar-refractivity contribution is 6.21. The molecule has 1 aliphatic carbocycles. The molecular weight excluding hydrogens is 480 g/mol. The van der Waals surface area contributed by atoms with Crippen LogP contribution in [0.4, 0.5) is 5.69 Å². The van der Waals surface area contributed by atoms with E-state index in [2.05, 4.69) is 31.0 Å². The molecule has 0 aromatic heterocycles. The summed E-state index contributed by atoms with van der Waals surface area (Å²) in [6.07, 6.45) is 0.930. The SMILES string of the molecule is CCN(CC)CC.CCOC(=O)CCCC(C1=C(O)C(=O)C1=C(C#N)C#N)=C1Nc2ccccc2C1(C)C. The van der Waals surface area contributed by atoms with E-state index in [4.69, 9.17) is 4.74 Å². The average Bonchev–Trinajstić information content (AvgIpc) is 3.19. The molecule has 3 rings (SSSR count). The van der Waals surface area contributed by atoms with Crippen molar-refractivity contribution in [1.29, 1.82) is 10.5 Å². The van der Waals surface area contributed by atoms with Crippen LogP contribution in [-0.2, 0) is 19.7 Å². The average molecular weight is 519 g/mol. The van der Waals surface area contributed by atoms with Gasteiger partial charge in [0.15, 0.2) is 5.76 Å². The second-order valence-electron chi connectivity index (χ2n) is 9.45. The summed E-state index contributed by atoms with van der Waals surface area (Å²) < 4.78 is 4.99. The first-order valence-electron chi connectivity index (χ1n) is 13.1. The molecule has 1 aliphatic heterocycles. The van der Waals surface area contributed by atoms with Gasteiger partial charge >= 0.3 is 5.97 Å². The summed E-state index contributed by atoms with van der Waals surface area (Å²) in [5.41, 5.74) is 2.64. The number of rotatable bonds is 9. The lowest BCUT2D eigenvalue weighted by Crippen LogP contribution is -2.28. The van der Waals surface area contributed by atoms with Gasteiger partial charge in [-0.2, -0.15) is 10.5 Å². The summed E-state index contributed by atoms with van der Waals surface area (Å²) in [6.45, 7) is 16.2. The lowest BCUT2D eigenvalue weighted by molar-refractivity contribution is -0.143. The Hall–Kier alpha value is -3.88. The lowest BCUT2D eigenvalue weighted by atomic mass is 9.73. The Kier molecular flexibility index (Phi) is 10.9. The number of ether oxygens (including phenoxy) is 1. The van der Waals surface area contributed by atoms with Crippen molar-refractivity contribution >= 4 is 17.4 Å². The zero-order valence-electron chi connectivity index (χ0n) is 23.3. The molecule has 0 saturated heterocycles. The third-order valence-electron chi connectivity index (χ3n) is 6.95. The second-order valence-corrected chi connectivity index (χ2v) is 9.45. The highest BCUT2D eigenvalue weighted by atomic mass is 16.5. The zero-order chi connectivity index (χ0) is 28.5. The van der Waals surface area contributed by atoms with E-state index in [1.807, 2.05) is 38.1 Å². The van der Waals surface area contributed by atoms with E-state index in [0.29, 0.717) is 18.4 Å². The molecule has 1 aromatic carbocycles. The van der Waals surface area contributed by atoms with Crippen LogP contribution in [-0.4, -0.2) is 48.0 Å². The van der Waals surface area contributed by atoms with Gasteiger partial charge in [-0.1, -0.05) is 52.8 Å². The van der Waals surface area contributed by atoms with E-state index < -0.39 is 17.0 Å². The van der Waals surface area contributed by atoms with Crippen molar-refractivity contribution < 1.29 is 19.4 Å². The number of Topliss-reactive ketones (excluding diaryl/α,β-unsaturated/α-hetero) is 1. The van der Waals surface area contributed by atoms with E-state index >= 15 is 0 Å². The molecule has 8 heteroatoms. The van der Waals surface area contributed by atoms with E-state index in [9.17, 15) is 25.2 Å². The maximum Gasteiger partial charge on any atom is 0.305 e. The number of nitrogens with one attached hydrogen (secondary N) is 1. The molecule has 0 saturated carbocycles. The van der Waals surface area contributed by atoms with Gasteiger partial charge in [-0.05, 0) is 56.6 Å². The fourth-order valence-electron chi connectivity index (χ4n) is 4.77. The Bertz CT molecular complexity index is 1220. The summed E-state index contributed by atoms with van der Waals surface area (Å²) in [5.74, 6) is -1.52. The minimum atomic E-state index is -0.718. The van der Waals surface area contributed by atoms with Crippen molar-refractivity contribution in [3.05, 3.63) is 63.6 Å². The molecule has 0 bridgehead atoms. The second kappa shape index (κ2) is 13.6. The number of para-hydroxylation sites is 1. The van der Waals surface area contributed by atoms with Gasteiger partial charge in [0, 0.05) is 28.8 Å². The molecule has 2 N–H and O–H groups in total. The number of hydrogen-bond acceptors (Lipinski definition) is 8. The van der Waals surface area contributed by atoms with Crippen molar-refractivity contribution in [2.45, 2.75) is 66.2 Å². The maximum absolute atomic E-state index is 12.3. The van der Waals surface area contributed by atoms with Crippen LogP contribution in [0.25, 0.3) is 0 Å². The number of aliphatic hydroxyl groups excluding tert-OH is 1. The number of hydrogen-bond donors (Lipinski definition) is 2. The van der Waals surface area contributed by atoms with Crippen LogP contribution < -0.4 is 5.32 Å². The zero-order valence-corrected chi connectivity index (χ0v) is 23.3. The number of aliphatic hydroxyl groups is 1. The largest absolute Gasteiger partial charge is 0.504 e. The third-order valence-corrected chi connectivity index (χ3v) is 6.95. The van der Waals surface area contributed by atoms with Crippen LogP contribution in [0.15, 0.2) is 58.0 Å².